The molecule has 2 heteroatoms. The number of hydrogen-bond acceptors (Lipinski definition) is 2. The van der Waals surface area contributed by atoms with E-state index in [0.717, 1.165) is 0 Å². The Hall–Kier alpha value is -0.860. The largest absolute Gasteiger partial charge is 0.138 e. The molecule has 30 heavy (non-hydrogen) atoms. The molecule has 2 heterocycles. The monoisotopic (exact) mass is 442 g/mol. The van der Waals surface area contributed by atoms with Crippen molar-refractivity contribution in [2.24, 2.45) is 0 Å². The van der Waals surface area contributed by atoms with Gasteiger partial charge in [-0.15, -0.1) is 22.7 Å². The van der Waals surface area contributed by atoms with Crippen LogP contribution in [-0.2, 0) is 0 Å². The second-order valence-electron chi connectivity index (χ2n) is 9.69. The number of allylic oxidation sites excluding steroid dienone is 1. The highest BCUT2D eigenvalue weighted by atomic mass is 32.1. The van der Waals surface area contributed by atoms with Gasteiger partial charge in [-0.3, -0.25) is 0 Å². The standard InChI is InChI=1S/C28H42S2/c1-7-9-11-13-15-21(16-14-12-10-8-2)26-22-17-24(19(3)4)29-27(22)28-23(26)18-25(30-28)20(5)6/h17-20H,7-16H2,1-6H3. The molecule has 0 bridgehead atoms. The van der Waals surface area contributed by atoms with Gasteiger partial charge in [-0.25, -0.2) is 0 Å². The molecule has 0 spiro atoms. The summed E-state index contributed by atoms with van der Waals surface area (Å²) in [7, 11) is 0. The Morgan fingerprint density at radius 2 is 1.10 bits per heavy atom. The van der Waals surface area contributed by atoms with Crippen molar-refractivity contribution in [3.63, 3.8) is 0 Å². The lowest BCUT2D eigenvalue weighted by Crippen LogP contribution is -1.94. The lowest BCUT2D eigenvalue weighted by Gasteiger charge is -2.14. The smallest absolute Gasteiger partial charge is 0.0530 e. The van der Waals surface area contributed by atoms with E-state index in [-0.39, 0.29) is 0 Å². The third-order valence-electron chi connectivity index (χ3n) is 6.40. The van der Waals surface area contributed by atoms with Gasteiger partial charge in [-0.1, -0.05) is 85.6 Å². The van der Waals surface area contributed by atoms with Crippen LogP contribution in [0.3, 0.4) is 0 Å². The molecule has 0 amide bonds. The number of fused-ring (bicyclic) bond motifs is 3. The zero-order valence-electron chi connectivity index (χ0n) is 20.2. The molecule has 0 radical (unpaired) electrons. The van der Waals surface area contributed by atoms with Crippen molar-refractivity contribution in [1.29, 1.82) is 0 Å². The van der Waals surface area contributed by atoms with E-state index in [9.17, 15) is 0 Å². The third kappa shape index (κ3) is 5.30. The first-order chi connectivity index (χ1) is 14.5. The zero-order chi connectivity index (χ0) is 21.7. The summed E-state index contributed by atoms with van der Waals surface area (Å²) >= 11 is 4.12. The molecule has 0 saturated heterocycles. The van der Waals surface area contributed by atoms with Gasteiger partial charge >= 0.3 is 0 Å². The number of rotatable bonds is 12. The van der Waals surface area contributed by atoms with Gasteiger partial charge in [0.2, 0.25) is 0 Å². The first kappa shape index (κ1) is 23.8. The molecule has 0 saturated carbocycles. The van der Waals surface area contributed by atoms with Crippen LogP contribution in [0.15, 0.2) is 17.7 Å². The predicted molar refractivity (Wildman–Crippen MR) is 139 cm³/mol. The lowest BCUT2D eigenvalue weighted by atomic mass is 9.91. The highest BCUT2D eigenvalue weighted by Gasteiger charge is 2.31. The molecule has 166 valence electrons. The topological polar surface area (TPSA) is 0 Å². The Morgan fingerprint density at radius 1 is 0.667 bits per heavy atom. The minimum Gasteiger partial charge on any atom is -0.138 e. The van der Waals surface area contributed by atoms with Crippen molar-refractivity contribution >= 4 is 28.2 Å². The zero-order valence-corrected chi connectivity index (χ0v) is 21.8. The summed E-state index contributed by atoms with van der Waals surface area (Å²) < 4.78 is 0. The van der Waals surface area contributed by atoms with Crippen LogP contribution < -0.4 is 0 Å². The van der Waals surface area contributed by atoms with Crippen LogP contribution in [0.4, 0.5) is 0 Å². The molecular weight excluding hydrogens is 400 g/mol. The summed E-state index contributed by atoms with van der Waals surface area (Å²) in [6.07, 6.45) is 13.4. The Bertz CT molecular complexity index is 776. The van der Waals surface area contributed by atoms with Gasteiger partial charge in [0.1, 0.15) is 0 Å². The van der Waals surface area contributed by atoms with E-state index >= 15 is 0 Å². The van der Waals surface area contributed by atoms with Crippen LogP contribution in [0.25, 0.3) is 15.3 Å². The van der Waals surface area contributed by atoms with Crippen molar-refractivity contribution < 1.29 is 0 Å². The van der Waals surface area contributed by atoms with E-state index in [1.54, 1.807) is 41.8 Å². The maximum absolute atomic E-state index is 2.54. The fourth-order valence-electron chi connectivity index (χ4n) is 4.53. The molecular formula is C28H42S2. The second kappa shape index (κ2) is 11.1. The highest BCUT2D eigenvalue weighted by Crippen LogP contribution is 2.55. The van der Waals surface area contributed by atoms with Crippen LogP contribution in [-0.4, -0.2) is 0 Å². The molecule has 0 aromatic carbocycles. The lowest BCUT2D eigenvalue weighted by molar-refractivity contribution is 0.626. The minimum absolute atomic E-state index is 0.618. The highest BCUT2D eigenvalue weighted by molar-refractivity contribution is 7.23. The molecule has 3 rings (SSSR count). The Kier molecular flexibility index (Phi) is 8.83. The van der Waals surface area contributed by atoms with Gasteiger partial charge in [0.05, 0.1) is 9.75 Å². The quantitative estimate of drug-likeness (QED) is 0.245. The maximum Gasteiger partial charge on any atom is 0.0530 e. The predicted octanol–water partition coefficient (Wildman–Crippen LogP) is 10.8. The van der Waals surface area contributed by atoms with Gasteiger partial charge < -0.3 is 0 Å². The molecule has 0 N–H and O–H groups in total. The average Bonchev–Trinajstić information content (AvgIpc) is 3.38. The fourth-order valence-corrected chi connectivity index (χ4v) is 7.02. The van der Waals surface area contributed by atoms with E-state index in [0.29, 0.717) is 11.8 Å². The molecule has 0 atom stereocenters. The molecule has 1 aliphatic rings. The van der Waals surface area contributed by atoms with Gasteiger partial charge in [-0.2, -0.15) is 0 Å². The number of unbranched alkanes of at least 4 members (excludes halogenated alkanes) is 6. The third-order valence-corrected chi connectivity index (χ3v) is 9.44. The average molecular weight is 443 g/mol. The summed E-state index contributed by atoms with van der Waals surface area (Å²) in [4.78, 5) is 6.25. The van der Waals surface area contributed by atoms with Crippen molar-refractivity contribution in [2.45, 2.75) is 118 Å². The van der Waals surface area contributed by atoms with Crippen LogP contribution in [0.5, 0.6) is 0 Å². The SMILES string of the molecule is CCCCCCC(CCCCCC)=C1c2cc(C(C)C)sc2-c2sc(C(C)C)cc21. The van der Waals surface area contributed by atoms with Crippen LogP contribution in [0, 0.1) is 0 Å². The van der Waals surface area contributed by atoms with E-state index < -0.39 is 0 Å². The summed E-state index contributed by atoms with van der Waals surface area (Å²) in [5.41, 5.74) is 6.53. The Labute approximate surface area is 193 Å². The fraction of sp³-hybridized carbons (Fsp3) is 0.643. The molecule has 0 fully saturated rings. The van der Waals surface area contributed by atoms with E-state index in [1.165, 1.54) is 64.2 Å². The van der Waals surface area contributed by atoms with Gasteiger partial charge in [0.15, 0.2) is 0 Å². The molecule has 0 aliphatic heterocycles. The van der Waals surface area contributed by atoms with Crippen molar-refractivity contribution in [1.82, 2.24) is 0 Å². The summed E-state index contributed by atoms with van der Waals surface area (Å²) in [5.74, 6) is 1.24. The maximum atomic E-state index is 2.54. The van der Waals surface area contributed by atoms with E-state index in [1.807, 2.05) is 0 Å². The molecule has 2 aromatic rings. The number of thiophene rings is 2. The van der Waals surface area contributed by atoms with E-state index in [2.05, 4.69) is 76.3 Å². The molecule has 2 aromatic heterocycles. The summed E-state index contributed by atoms with van der Waals surface area (Å²) in [6, 6.07) is 5.08. The van der Waals surface area contributed by atoms with Crippen molar-refractivity contribution in [3.8, 4) is 9.75 Å². The normalized spacial score (nSPS) is 12.9. The Morgan fingerprint density at radius 3 is 1.47 bits per heavy atom. The van der Waals surface area contributed by atoms with Gasteiger partial charge in [-0.05, 0) is 55.2 Å². The van der Waals surface area contributed by atoms with Crippen molar-refractivity contribution in [3.05, 3.63) is 38.6 Å². The van der Waals surface area contributed by atoms with E-state index in [4.69, 9.17) is 0 Å². The molecule has 0 nitrogen and oxygen atoms in total. The first-order valence-electron chi connectivity index (χ1n) is 12.5. The van der Waals surface area contributed by atoms with Crippen molar-refractivity contribution in [2.75, 3.05) is 0 Å². The van der Waals surface area contributed by atoms with Crippen LogP contribution in [0.1, 0.15) is 138 Å². The minimum atomic E-state index is 0.618. The van der Waals surface area contributed by atoms with Gasteiger partial charge in [0.25, 0.3) is 0 Å². The summed E-state index contributed by atoms with van der Waals surface area (Å²) in [6.45, 7) is 14.0. The van der Waals surface area contributed by atoms with Crippen LogP contribution >= 0.6 is 22.7 Å². The van der Waals surface area contributed by atoms with Gasteiger partial charge in [0, 0.05) is 20.9 Å². The molecule has 0 unspecified atom stereocenters. The summed E-state index contributed by atoms with van der Waals surface area (Å²) in [5, 5.41) is 0. The molecule has 1 aliphatic carbocycles. The van der Waals surface area contributed by atoms with Crippen LogP contribution in [0.2, 0.25) is 0 Å². The Balaban J connectivity index is 2.03. The number of hydrogen-bond donors (Lipinski definition) is 0. The second-order valence-corrected chi connectivity index (χ2v) is 11.9. The first-order valence-corrected chi connectivity index (χ1v) is 14.1.